The number of hydrogen-bond donors (Lipinski definition) is 3. The van der Waals surface area contributed by atoms with Gasteiger partial charge in [-0.3, -0.25) is 4.79 Å². The summed E-state index contributed by atoms with van der Waals surface area (Å²) in [7, 11) is 1.33. The van der Waals surface area contributed by atoms with Crippen LogP contribution in [0.4, 0.5) is 13.2 Å². The summed E-state index contributed by atoms with van der Waals surface area (Å²) < 4.78 is 50.7. The Bertz CT molecular complexity index is 1210. The first kappa shape index (κ1) is 24.0. The SMILES string of the molecule is COc1ccc(-c2nc(C(=O)N[C@@H]3CCCC[C@@H]3O)c([C@H](C)N)o2)c2ccc(C(F)(F)F)nc12. The zero-order chi connectivity index (χ0) is 24.6. The molecule has 1 aliphatic carbocycles. The zero-order valence-electron chi connectivity index (χ0n) is 18.6. The maximum absolute atomic E-state index is 13.2. The van der Waals surface area contributed by atoms with Gasteiger partial charge in [0.2, 0.25) is 5.89 Å². The Morgan fingerprint density at radius 3 is 2.62 bits per heavy atom. The van der Waals surface area contributed by atoms with E-state index >= 15 is 0 Å². The van der Waals surface area contributed by atoms with E-state index in [0.29, 0.717) is 23.8 Å². The standard InChI is InChI=1S/C23H25F3N4O4/c1-11(27)20-19(21(32)28-14-5-3-4-6-15(14)31)30-22(34-20)13-7-9-16(33-2)18-12(13)8-10-17(29-18)23(24,25)26/h7-11,14-15,31H,3-6,27H2,1-2H3,(H,28,32)/t11-,14+,15-/m0/s1. The van der Waals surface area contributed by atoms with Gasteiger partial charge in [-0.2, -0.15) is 13.2 Å². The first-order valence-corrected chi connectivity index (χ1v) is 10.9. The number of hydrogen-bond acceptors (Lipinski definition) is 7. The highest BCUT2D eigenvalue weighted by Crippen LogP contribution is 2.37. The molecule has 4 rings (SSSR count). The zero-order valence-corrected chi connectivity index (χ0v) is 18.6. The number of carbonyl (C=O) groups is 1. The second-order valence-electron chi connectivity index (χ2n) is 8.36. The number of alkyl halides is 3. The van der Waals surface area contributed by atoms with Gasteiger partial charge in [-0.05, 0) is 44.0 Å². The van der Waals surface area contributed by atoms with E-state index in [1.807, 2.05) is 0 Å². The molecule has 0 unspecified atom stereocenters. The first-order valence-electron chi connectivity index (χ1n) is 10.9. The Kier molecular flexibility index (Phi) is 6.50. The molecule has 2 aromatic heterocycles. The van der Waals surface area contributed by atoms with Gasteiger partial charge >= 0.3 is 6.18 Å². The molecule has 182 valence electrons. The van der Waals surface area contributed by atoms with E-state index in [1.165, 1.54) is 19.2 Å². The smallest absolute Gasteiger partial charge is 0.433 e. The first-order chi connectivity index (χ1) is 16.1. The normalized spacial score (nSPS) is 19.7. The Morgan fingerprint density at radius 1 is 1.24 bits per heavy atom. The summed E-state index contributed by atoms with van der Waals surface area (Å²) in [5.74, 6) is -0.255. The maximum Gasteiger partial charge on any atom is 0.433 e. The van der Waals surface area contributed by atoms with Crippen molar-refractivity contribution < 1.29 is 32.2 Å². The highest BCUT2D eigenvalue weighted by Gasteiger charge is 2.34. The van der Waals surface area contributed by atoms with Gasteiger partial charge in [0.15, 0.2) is 11.5 Å². The average Bonchev–Trinajstić information content (AvgIpc) is 3.24. The summed E-state index contributed by atoms with van der Waals surface area (Å²) >= 11 is 0. The lowest BCUT2D eigenvalue weighted by Crippen LogP contribution is -2.45. The molecule has 1 aliphatic rings. The third-order valence-electron chi connectivity index (χ3n) is 5.89. The van der Waals surface area contributed by atoms with E-state index in [-0.39, 0.29) is 28.6 Å². The number of nitrogens with zero attached hydrogens (tertiary/aromatic N) is 2. The fourth-order valence-corrected chi connectivity index (χ4v) is 4.14. The van der Waals surface area contributed by atoms with Gasteiger partial charge in [-0.25, -0.2) is 9.97 Å². The van der Waals surface area contributed by atoms with Crippen molar-refractivity contribution in [3.8, 4) is 17.2 Å². The van der Waals surface area contributed by atoms with Gasteiger partial charge in [-0.15, -0.1) is 0 Å². The molecule has 0 saturated heterocycles. The van der Waals surface area contributed by atoms with Crippen LogP contribution in [0.15, 0.2) is 28.7 Å². The van der Waals surface area contributed by atoms with Crippen molar-refractivity contribution in [1.82, 2.24) is 15.3 Å². The number of oxazole rings is 1. The second-order valence-corrected chi connectivity index (χ2v) is 8.36. The highest BCUT2D eigenvalue weighted by atomic mass is 19.4. The summed E-state index contributed by atoms with van der Waals surface area (Å²) in [6.07, 6.45) is -2.27. The summed E-state index contributed by atoms with van der Waals surface area (Å²) in [4.78, 5) is 21.1. The number of methoxy groups -OCH3 is 1. The number of halogens is 3. The number of aliphatic hydroxyl groups excluding tert-OH is 1. The maximum atomic E-state index is 13.2. The molecular weight excluding hydrogens is 453 g/mol. The highest BCUT2D eigenvalue weighted by molar-refractivity contribution is 5.98. The van der Waals surface area contributed by atoms with Crippen molar-refractivity contribution in [2.24, 2.45) is 5.73 Å². The van der Waals surface area contributed by atoms with Crippen LogP contribution in [0.1, 0.15) is 60.6 Å². The molecular formula is C23H25F3N4O4. The number of aromatic nitrogens is 2. The Labute approximate surface area is 193 Å². The fourth-order valence-electron chi connectivity index (χ4n) is 4.14. The molecule has 3 aromatic rings. The van der Waals surface area contributed by atoms with Gasteiger partial charge in [0, 0.05) is 10.9 Å². The molecule has 0 radical (unpaired) electrons. The second kappa shape index (κ2) is 9.22. The van der Waals surface area contributed by atoms with Crippen molar-refractivity contribution in [2.75, 3.05) is 7.11 Å². The van der Waals surface area contributed by atoms with Crippen LogP contribution in [-0.4, -0.2) is 40.2 Å². The fraction of sp³-hybridized carbons (Fsp3) is 0.435. The molecule has 1 fully saturated rings. The largest absolute Gasteiger partial charge is 0.494 e. The molecule has 0 aliphatic heterocycles. The molecule has 4 N–H and O–H groups in total. The number of amides is 1. The number of nitrogens with two attached hydrogens (primary N) is 1. The Morgan fingerprint density at radius 2 is 1.97 bits per heavy atom. The van der Waals surface area contributed by atoms with Crippen LogP contribution in [0, 0.1) is 0 Å². The van der Waals surface area contributed by atoms with Crippen LogP contribution in [0.2, 0.25) is 0 Å². The minimum Gasteiger partial charge on any atom is -0.494 e. The molecule has 11 heteroatoms. The minimum absolute atomic E-state index is 0.0101. The third kappa shape index (κ3) is 4.58. The van der Waals surface area contributed by atoms with Gasteiger partial charge in [0.25, 0.3) is 5.91 Å². The third-order valence-corrected chi connectivity index (χ3v) is 5.89. The molecule has 3 atom stereocenters. The van der Waals surface area contributed by atoms with Crippen molar-refractivity contribution in [2.45, 2.75) is 57.0 Å². The average molecular weight is 478 g/mol. The predicted octanol–water partition coefficient (Wildman–Crippen LogP) is 3.97. The van der Waals surface area contributed by atoms with Gasteiger partial charge in [0.05, 0.1) is 25.3 Å². The van der Waals surface area contributed by atoms with Crippen molar-refractivity contribution in [3.05, 3.63) is 41.4 Å². The van der Waals surface area contributed by atoms with Crippen LogP contribution in [0.3, 0.4) is 0 Å². The molecule has 0 spiro atoms. The van der Waals surface area contributed by atoms with Crippen LogP contribution in [0.5, 0.6) is 5.75 Å². The molecule has 1 aromatic carbocycles. The number of carbonyl (C=O) groups excluding carboxylic acids is 1. The van der Waals surface area contributed by atoms with Crippen LogP contribution in [-0.2, 0) is 6.18 Å². The van der Waals surface area contributed by atoms with E-state index in [9.17, 15) is 23.1 Å². The monoisotopic (exact) mass is 478 g/mol. The molecule has 0 bridgehead atoms. The summed E-state index contributed by atoms with van der Waals surface area (Å²) in [5.41, 5.74) is 5.22. The topological polar surface area (TPSA) is 124 Å². The molecule has 1 amide bonds. The number of benzene rings is 1. The number of pyridine rings is 1. The van der Waals surface area contributed by atoms with Crippen molar-refractivity contribution in [3.63, 3.8) is 0 Å². The summed E-state index contributed by atoms with van der Waals surface area (Å²) in [6, 6.07) is 4.06. The lowest BCUT2D eigenvalue weighted by atomic mass is 9.92. The van der Waals surface area contributed by atoms with Crippen molar-refractivity contribution >= 4 is 16.8 Å². The lowest BCUT2D eigenvalue weighted by Gasteiger charge is -2.28. The Balaban J connectivity index is 1.77. The number of fused-ring (bicyclic) bond motifs is 1. The Hall–Kier alpha value is -3.18. The summed E-state index contributed by atoms with van der Waals surface area (Å²) in [5, 5.41) is 13.3. The number of nitrogens with one attached hydrogen (secondary N) is 1. The van der Waals surface area contributed by atoms with E-state index in [0.717, 1.165) is 18.9 Å². The minimum atomic E-state index is -4.63. The number of rotatable bonds is 5. The quantitative estimate of drug-likeness (QED) is 0.507. The van der Waals surface area contributed by atoms with Crippen LogP contribution >= 0.6 is 0 Å². The van der Waals surface area contributed by atoms with E-state index in [2.05, 4.69) is 15.3 Å². The van der Waals surface area contributed by atoms with Gasteiger partial charge in [0.1, 0.15) is 17.0 Å². The van der Waals surface area contributed by atoms with E-state index < -0.39 is 36.0 Å². The summed E-state index contributed by atoms with van der Waals surface area (Å²) in [6.45, 7) is 1.62. The number of ether oxygens (including phenoxy) is 1. The van der Waals surface area contributed by atoms with Gasteiger partial charge in [-0.1, -0.05) is 12.8 Å². The predicted molar refractivity (Wildman–Crippen MR) is 117 cm³/mol. The lowest BCUT2D eigenvalue weighted by molar-refractivity contribution is -0.140. The molecule has 2 heterocycles. The molecule has 1 saturated carbocycles. The number of aliphatic hydroxyl groups is 1. The van der Waals surface area contributed by atoms with E-state index in [4.69, 9.17) is 14.9 Å². The van der Waals surface area contributed by atoms with Gasteiger partial charge < -0.3 is 25.3 Å². The van der Waals surface area contributed by atoms with Crippen molar-refractivity contribution in [1.29, 1.82) is 0 Å². The van der Waals surface area contributed by atoms with Crippen LogP contribution < -0.4 is 15.8 Å². The van der Waals surface area contributed by atoms with Crippen LogP contribution in [0.25, 0.3) is 22.4 Å². The van der Waals surface area contributed by atoms with E-state index in [1.54, 1.807) is 13.0 Å². The molecule has 34 heavy (non-hydrogen) atoms. The molecule has 8 nitrogen and oxygen atoms in total.